The molecule has 0 aliphatic heterocycles. The third-order valence-electron chi connectivity index (χ3n) is 5.06. The van der Waals surface area contributed by atoms with Crippen LogP contribution >= 0.6 is 0 Å². The monoisotopic (exact) mass is 502 g/mol. The summed E-state index contributed by atoms with van der Waals surface area (Å²) in [5.74, 6) is -4.88. The zero-order valence-electron chi connectivity index (χ0n) is 19.1. The SMILES string of the molecule is COc1cc(-c2nc(C(=O)Nc3ccc(F)c(F)c3)nn2-c2ccc(F)c(F)c2)cc(OC)c1OC. The molecular weight excluding hydrogens is 484 g/mol. The number of carbonyl (C=O) groups excluding carboxylic acids is 1. The van der Waals surface area contributed by atoms with Gasteiger partial charge in [-0.25, -0.2) is 27.2 Å². The van der Waals surface area contributed by atoms with Crippen molar-refractivity contribution in [1.29, 1.82) is 0 Å². The highest BCUT2D eigenvalue weighted by atomic mass is 19.2. The maximum absolute atomic E-state index is 14.0. The number of amides is 1. The predicted octanol–water partition coefficient (Wildman–Crippen LogP) is 4.77. The van der Waals surface area contributed by atoms with Crippen molar-refractivity contribution in [3.8, 4) is 34.3 Å². The van der Waals surface area contributed by atoms with E-state index in [1.165, 1.54) is 39.5 Å². The van der Waals surface area contributed by atoms with Gasteiger partial charge in [0, 0.05) is 23.4 Å². The standard InChI is InChI=1S/C24H18F4N4O4/c1-34-19-8-12(9-20(35-2)21(19)36-3)23-30-22(24(33)29-13-4-6-15(25)17(27)10-13)31-32(23)14-5-7-16(26)18(28)11-14/h4-11H,1-3H3,(H,29,33). The Labute approximate surface area is 202 Å². The van der Waals surface area contributed by atoms with E-state index in [0.717, 1.165) is 35.0 Å². The van der Waals surface area contributed by atoms with E-state index in [2.05, 4.69) is 15.4 Å². The van der Waals surface area contributed by atoms with Gasteiger partial charge in [0.15, 0.2) is 40.6 Å². The van der Waals surface area contributed by atoms with Crippen LogP contribution in [0.25, 0.3) is 17.1 Å². The number of methoxy groups -OCH3 is 3. The minimum atomic E-state index is -1.16. The minimum absolute atomic E-state index is 0.0377. The molecule has 0 aliphatic rings. The van der Waals surface area contributed by atoms with E-state index >= 15 is 0 Å². The van der Waals surface area contributed by atoms with Crippen LogP contribution in [0, 0.1) is 23.3 Å². The zero-order chi connectivity index (χ0) is 26.0. The second kappa shape index (κ2) is 9.94. The van der Waals surface area contributed by atoms with Crippen LogP contribution in [-0.2, 0) is 0 Å². The van der Waals surface area contributed by atoms with E-state index in [9.17, 15) is 22.4 Å². The number of benzene rings is 3. The molecule has 0 atom stereocenters. The highest BCUT2D eigenvalue weighted by Gasteiger charge is 2.23. The second-order valence-corrected chi connectivity index (χ2v) is 7.27. The van der Waals surface area contributed by atoms with Gasteiger partial charge >= 0.3 is 0 Å². The van der Waals surface area contributed by atoms with Crippen molar-refractivity contribution in [1.82, 2.24) is 14.8 Å². The first-order valence-electron chi connectivity index (χ1n) is 10.2. The van der Waals surface area contributed by atoms with E-state index in [0.29, 0.717) is 11.3 Å². The van der Waals surface area contributed by atoms with Crippen LogP contribution < -0.4 is 19.5 Å². The van der Waals surface area contributed by atoms with Gasteiger partial charge in [0.2, 0.25) is 11.6 Å². The third-order valence-corrected chi connectivity index (χ3v) is 5.06. The van der Waals surface area contributed by atoms with Crippen molar-refractivity contribution in [3.05, 3.63) is 77.6 Å². The molecule has 4 aromatic rings. The first kappa shape index (κ1) is 24.5. The lowest BCUT2D eigenvalue weighted by Crippen LogP contribution is -2.14. The molecule has 36 heavy (non-hydrogen) atoms. The third kappa shape index (κ3) is 4.65. The summed E-state index contributed by atoms with van der Waals surface area (Å²) in [6, 6.07) is 8.86. The van der Waals surface area contributed by atoms with E-state index in [1.807, 2.05) is 0 Å². The maximum Gasteiger partial charge on any atom is 0.295 e. The molecule has 0 saturated carbocycles. The Bertz CT molecular complexity index is 1430. The highest BCUT2D eigenvalue weighted by molar-refractivity contribution is 6.01. The summed E-state index contributed by atoms with van der Waals surface area (Å²) < 4.78 is 71.5. The van der Waals surface area contributed by atoms with Crippen molar-refractivity contribution in [2.45, 2.75) is 0 Å². The number of nitrogens with one attached hydrogen (secondary N) is 1. The normalized spacial score (nSPS) is 10.8. The number of hydrogen-bond donors (Lipinski definition) is 1. The topological polar surface area (TPSA) is 87.5 Å². The molecule has 0 aliphatic carbocycles. The van der Waals surface area contributed by atoms with Gasteiger partial charge in [-0.05, 0) is 36.4 Å². The number of aromatic nitrogens is 3. The van der Waals surface area contributed by atoms with Crippen molar-refractivity contribution >= 4 is 11.6 Å². The Balaban J connectivity index is 1.85. The molecule has 0 fully saturated rings. The summed E-state index contributed by atoms with van der Waals surface area (Å²) in [5, 5.41) is 6.51. The predicted molar refractivity (Wildman–Crippen MR) is 121 cm³/mol. The molecule has 1 aromatic heterocycles. The lowest BCUT2D eigenvalue weighted by Gasteiger charge is -2.14. The molecular formula is C24H18F4N4O4. The summed E-state index contributed by atoms with van der Waals surface area (Å²) >= 11 is 0. The van der Waals surface area contributed by atoms with E-state index < -0.39 is 35.0 Å². The molecule has 186 valence electrons. The van der Waals surface area contributed by atoms with Crippen molar-refractivity contribution in [2.24, 2.45) is 0 Å². The molecule has 1 amide bonds. The minimum Gasteiger partial charge on any atom is -0.493 e. The molecule has 3 aromatic carbocycles. The lowest BCUT2D eigenvalue weighted by molar-refractivity contribution is 0.101. The summed E-state index contributed by atoms with van der Waals surface area (Å²) in [5.41, 5.74) is 0.336. The average molecular weight is 502 g/mol. The van der Waals surface area contributed by atoms with Crippen LogP contribution in [0.5, 0.6) is 17.2 Å². The van der Waals surface area contributed by atoms with Crippen LogP contribution in [0.3, 0.4) is 0 Å². The first-order chi connectivity index (χ1) is 17.2. The fourth-order valence-corrected chi connectivity index (χ4v) is 3.36. The summed E-state index contributed by atoms with van der Waals surface area (Å²) in [6.07, 6.45) is 0. The van der Waals surface area contributed by atoms with E-state index in [1.54, 1.807) is 0 Å². The van der Waals surface area contributed by atoms with Gasteiger partial charge in [-0.1, -0.05) is 0 Å². The van der Waals surface area contributed by atoms with Crippen molar-refractivity contribution in [2.75, 3.05) is 26.6 Å². The van der Waals surface area contributed by atoms with Crippen molar-refractivity contribution < 1.29 is 36.6 Å². The molecule has 1 N–H and O–H groups in total. The Morgan fingerprint density at radius 3 is 1.97 bits per heavy atom. The molecule has 0 saturated heterocycles. The average Bonchev–Trinajstić information content (AvgIpc) is 3.32. The van der Waals surface area contributed by atoms with Gasteiger partial charge in [0.1, 0.15) is 0 Å². The lowest BCUT2D eigenvalue weighted by atomic mass is 10.1. The Hall–Kier alpha value is -4.61. The number of halogens is 4. The number of rotatable bonds is 7. The number of carbonyl (C=O) groups is 1. The molecule has 0 radical (unpaired) electrons. The quantitative estimate of drug-likeness (QED) is 0.367. The van der Waals surface area contributed by atoms with Gasteiger partial charge in [-0.2, -0.15) is 0 Å². The van der Waals surface area contributed by atoms with Gasteiger partial charge in [-0.15, -0.1) is 5.10 Å². The summed E-state index contributed by atoms with van der Waals surface area (Å²) in [7, 11) is 4.23. The van der Waals surface area contributed by atoms with Crippen LogP contribution in [-0.4, -0.2) is 42.0 Å². The van der Waals surface area contributed by atoms with Gasteiger partial charge in [-0.3, -0.25) is 4.79 Å². The zero-order valence-corrected chi connectivity index (χ0v) is 19.1. The Kier molecular flexibility index (Phi) is 6.77. The smallest absolute Gasteiger partial charge is 0.295 e. The Morgan fingerprint density at radius 1 is 0.806 bits per heavy atom. The molecule has 8 nitrogen and oxygen atoms in total. The maximum atomic E-state index is 14.0. The second-order valence-electron chi connectivity index (χ2n) is 7.27. The van der Waals surface area contributed by atoms with Crippen LogP contribution in [0.15, 0.2) is 48.5 Å². The molecule has 1 heterocycles. The first-order valence-corrected chi connectivity index (χ1v) is 10.2. The molecule has 0 bridgehead atoms. The Morgan fingerprint density at radius 2 is 1.42 bits per heavy atom. The largest absolute Gasteiger partial charge is 0.493 e. The number of ether oxygens (including phenoxy) is 3. The van der Waals surface area contributed by atoms with Gasteiger partial charge in [0.05, 0.1) is 27.0 Å². The fraction of sp³-hybridized carbons (Fsp3) is 0.125. The molecule has 0 spiro atoms. The van der Waals surface area contributed by atoms with Crippen molar-refractivity contribution in [3.63, 3.8) is 0 Å². The fourth-order valence-electron chi connectivity index (χ4n) is 3.36. The van der Waals surface area contributed by atoms with Gasteiger partial charge in [0.25, 0.3) is 5.91 Å². The van der Waals surface area contributed by atoms with E-state index in [-0.39, 0.29) is 28.7 Å². The van der Waals surface area contributed by atoms with Crippen LogP contribution in [0.2, 0.25) is 0 Å². The molecule has 4 rings (SSSR count). The highest BCUT2D eigenvalue weighted by Crippen LogP contribution is 2.41. The van der Waals surface area contributed by atoms with Gasteiger partial charge < -0.3 is 19.5 Å². The number of nitrogens with zero attached hydrogens (tertiary/aromatic N) is 3. The number of hydrogen-bond acceptors (Lipinski definition) is 6. The summed E-state index contributed by atoms with van der Waals surface area (Å²) in [4.78, 5) is 17.1. The molecule has 12 heteroatoms. The van der Waals surface area contributed by atoms with Crippen LogP contribution in [0.4, 0.5) is 23.2 Å². The molecule has 0 unspecified atom stereocenters. The van der Waals surface area contributed by atoms with Crippen LogP contribution in [0.1, 0.15) is 10.6 Å². The number of anilines is 1. The van der Waals surface area contributed by atoms with E-state index in [4.69, 9.17) is 14.2 Å². The summed E-state index contributed by atoms with van der Waals surface area (Å²) in [6.45, 7) is 0.